The van der Waals surface area contributed by atoms with Gasteiger partial charge in [0, 0.05) is 47.4 Å². The zero-order valence-corrected chi connectivity index (χ0v) is 26.8. The maximum atomic E-state index is 10.8. The van der Waals surface area contributed by atoms with Gasteiger partial charge < -0.3 is 24.0 Å². The van der Waals surface area contributed by atoms with Gasteiger partial charge in [0.15, 0.2) is 0 Å². The Morgan fingerprint density at radius 1 is 0.932 bits per heavy atom. The molecule has 5 aromatic rings. The standard InChI is InChI=1S/C36H41ClN4O3/c1-24-19-27(20-25(2)35(24)37)43-18-9-15-28-29-13-8-14-30-34-31(23-44-26-11-6-5-7-12-26)38-40(4)32(34)21-39(3)16-10-17-41(36(29)30)33(28)22-42/h5-8,11-14,19-20,42H,9-10,15-18,21-23H2,1-4H3. The summed E-state index contributed by atoms with van der Waals surface area (Å²) in [7, 11) is 4.19. The first kappa shape index (κ1) is 30.3. The van der Waals surface area contributed by atoms with E-state index in [1.807, 2.05) is 68.0 Å². The van der Waals surface area contributed by atoms with Crippen LogP contribution in [0.2, 0.25) is 5.02 Å². The van der Waals surface area contributed by atoms with E-state index in [0.717, 1.165) is 100 Å². The first-order valence-corrected chi connectivity index (χ1v) is 15.8. The van der Waals surface area contributed by atoms with E-state index in [4.69, 9.17) is 26.2 Å². The molecule has 1 N–H and O–H groups in total. The molecular formula is C36H41ClN4O3. The van der Waals surface area contributed by atoms with Crippen molar-refractivity contribution in [2.24, 2.45) is 7.05 Å². The number of ether oxygens (including phenoxy) is 2. The van der Waals surface area contributed by atoms with Gasteiger partial charge >= 0.3 is 0 Å². The van der Waals surface area contributed by atoms with E-state index in [9.17, 15) is 5.11 Å². The van der Waals surface area contributed by atoms with Crippen molar-refractivity contribution in [2.45, 2.75) is 59.4 Å². The molecule has 0 fully saturated rings. The quantitative estimate of drug-likeness (QED) is 0.178. The number of halogens is 1. The minimum absolute atomic E-state index is 0.0143. The Labute approximate surface area is 264 Å². The van der Waals surface area contributed by atoms with Crippen molar-refractivity contribution in [3.63, 3.8) is 0 Å². The summed E-state index contributed by atoms with van der Waals surface area (Å²) in [4.78, 5) is 2.36. The number of aliphatic hydroxyl groups excluding tert-OH is 1. The first-order chi connectivity index (χ1) is 21.4. The lowest BCUT2D eigenvalue weighted by molar-refractivity contribution is 0.265. The van der Waals surface area contributed by atoms with Crippen LogP contribution in [0.5, 0.6) is 11.5 Å². The number of rotatable bonds is 9. The number of hydrogen-bond donors (Lipinski definition) is 1. The molecule has 1 aliphatic heterocycles. The lowest BCUT2D eigenvalue weighted by Crippen LogP contribution is -2.23. The first-order valence-electron chi connectivity index (χ1n) is 15.4. The molecule has 0 aliphatic carbocycles. The molecule has 6 rings (SSSR count). The molecule has 8 heteroatoms. The van der Waals surface area contributed by atoms with Crippen molar-refractivity contribution in [3.05, 3.63) is 99.5 Å². The number of aryl methyl sites for hydroxylation is 5. The Hall–Kier alpha value is -3.78. The van der Waals surface area contributed by atoms with Gasteiger partial charge in [-0.3, -0.25) is 4.68 Å². The maximum Gasteiger partial charge on any atom is 0.133 e. The molecule has 3 heterocycles. The van der Waals surface area contributed by atoms with Crippen molar-refractivity contribution in [2.75, 3.05) is 20.2 Å². The van der Waals surface area contributed by atoms with Gasteiger partial charge in [-0.15, -0.1) is 0 Å². The average Bonchev–Trinajstić information content (AvgIpc) is 3.50. The van der Waals surface area contributed by atoms with E-state index >= 15 is 0 Å². The number of fused-ring (bicyclic) bond motifs is 2. The molecule has 0 saturated carbocycles. The maximum absolute atomic E-state index is 10.8. The summed E-state index contributed by atoms with van der Waals surface area (Å²) in [6, 6.07) is 20.4. The minimum atomic E-state index is -0.0143. The largest absolute Gasteiger partial charge is 0.494 e. The molecule has 3 aromatic carbocycles. The molecule has 1 aliphatic rings. The third-order valence-electron chi connectivity index (χ3n) is 8.67. The van der Waals surface area contributed by atoms with Crippen LogP contribution in [-0.4, -0.2) is 44.6 Å². The summed E-state index contributed by atoms with van der Waals surface area (Å²) < 4.78 is 16.7. The highest BCUT2D eigenvalue weighted by molar-refractivity contribution is 6.32. The normalized spacial score (nSPS) is 13.7. The molecule has 0 unspecified atom stereocenters. The average molecular weight is 613 g/mol. The van der Waals surface area contributed by atoms with Gasteiger partial charge in [-0.05, 0) is 87.7 Å². The van der Waals surface area contributed by atoms with Crippen molar-refractivity contribution < 1.29 is 14.6 Å². The Morgan fingerprint density at radius 3 is 2.45 bits per heavy atom. The summed E-state index contributed by atoms with van der Waals surface area (Å²) in [5, 5.41) is 17.7. The van der Waals surface area contributed by atoms with E-state index in [1.54, 1.807) is 0 Å². The molecule has 0 saturated heterocycles. The van der Waals surface area contributed by atoms with Crippen LogP contribution in [0, 0.1) is 13.8 Å². The highest BCUT2D eigenvalue weighted by Gasteiger charge is 2.26. The van der Waals surface area contributed by atoms with Gasteiger partial charge in [-0.25, -0.2) is 0 Å². The van der Waals surface area contributed by atoms with E-state index in [-0.39, 0.29) is 6.61 Å². The fourth-order valence-electron chi connectivity index (χ4n) is 6.58. The fraction of sp³-hybridized carbons (Fsp3) is 0.361. The molecule has 0 amide bonds. The lowest BCUT2D eigenvalue weighted by atomic mass is 9.97. The molecule has 0 bridgehead atoms. The Kier molecular flexibility index (Phi) is 8.98. The summed E-state index contributed by atoms with van der Waals surface area (Å²) >= 11 is 6.36. The number of aliphatic hydroxyl groups is 1. The molecule has 7 nitrogen and oxygen atoms in total. The topological polar surface area (TPSA) is 64.7 Å². The summed E-state index contributed by atoms with van der Waals surface area (Å²) in [5.41, 5.74) is 9.71. The minimum Gasteiger partial charge on any atom is -0.494 e. The smallest absolute Gasteiger partial charge is 0.133 e. The van der Waals surface area contributed by atoms with E-state index < -0.39 is 0 Å². The zero-order valence-electron chi connectivity index (χ0n) is 26.1. The number of para-hydroxylation sites is 2. The van der Waals surface area contributed by atoms with Gasteiger partial charge in [-0.1, -0.05) is 48.0 Å². The molecule has 230 valence electrons. The highest BCUT2D eigenvalue weighted by atomic mass is 35.5. The highest BCUT2D eigenvalue weighted by Crippen LogP contribution is 2.39. The second kappa shape index (κ2) is 13.1. The molecule has 2 aromatic heterocycles. The molecular weight excluding hydrogens is 572 g/mol. The zero-order chi connectivity index (χ0) is 30.8. The number of hydrogen-bond acceptors (Lipinski definition) is 5. The van der Waals surface area contributed by atoms with Gasteiger partial charge in [-0.2, -0.15) is 5.10 Å². The second-order valence-corrected chi connectivity index (χ2v) is 12.2. The third-order valence-corrected chi connectivity index (χ3v) is 9.27. The lowest BCUT2D eigenvalue weighted by Gasteiger charge is -2.22. The summed E-state index contributed by atoms with van der Waals surface area (Å²) in [6.07, 6.45) is 2.61. The molecule has 0 atom stereocenters. The van der Waals surface area contributed by atoms with Crippen LogP contribution in [0.3, 0.4) is 0 Å². The van der Waals surface area contributed by atoms with Gasteiger partial charge in [0.05, 0.1) is 24.4 Å². The monoisotopic (exact) mass is 612 g/mol. The predicted octanol–water partition coefficient (Wildman–Crippen LogP) is 7.23. The van der Waals surface area contributed by atoms with E-state index in [1.165, 1.54) is 10.9 Å². The Balaban J connectivity index is 1.38. The van der Waals surface area contributed by atoms with Crippen LogP contribution in [-0.2, 0) is 39.8 Å². The van der Waals surface area contributed by atoms with Crippen LogP contribution in [0.25, 0.3) is 22.0 Å². The SMILES string of the molecule is Cc1cc(OCCCc2c(CO)n3c4c(cccc24)-c2c(COc4ccccc4)nn(C)c2CN(C)CCC3)cc(C)c1Cl. The third kappa shape index (κ3) is 5.96. The number of nitrogens with zero attached hydrogens (tertiary/aromatic N) is 4. The molecule has 0 radical (unpaired) electrons. The van der Waals surface area contributed by atoms with Crippen LogP contribution < -0.4 is 9.47 Å². The van der Waals surface area contributed by atoms with E-state index in [2.05, 4.69) is 34.7 Å². The van der Waals surface area contributed by atoms with Crippen molar-refractivity contribution in [1.82, 2.24) is 19.2 Å². The van der Waals surface area contributed by atoms with Crippen LogP contribution in [0.15, 0.2) is 60.7 Å². The van der Waals surface area contributed by atoms with E-state index in [0.29, 0.717) is 13.2 Å². The van der Waals surface area contributed by atoms with Crippen LogP contribution >= 0.6 is 11.6 Å². The van der Waals surface area contributed by atoms with Gasteiger partial charge in [0.1, 0.15) is 23.8 Å². The van der Waals surface area contributed by atoms with Crippen molar-refractivity contribution in [3.8, 4) is 22.6 Å². The Morgan fingerprint density at radius 2 is 1.70 bits per heavy atom. The fourth-order valence-corrected chi connectivity index (χ4v) is 6.69. The van der Waals surface area contributed by atoms with Crippen molar-refractivity contribution >= 4 is 22.5 Å². The summed E-state index contributed by atoms with van der Waals surface area (Å²) in [6.45, 7) is 7.51. The van der Waals surface area contributed by atoms with Crippen molar-refractivity contribution in [1.29, 1.82) is 0 Å². The summed E-state index contributed by atoms with van der Waals surface area (Å²) in [5.74, 6) is 1.66. The predicted molar refractivity (Wildman–Crippen MR) is 177 cm³/mol. The van der Waals surface area contributed by atoms with Gasteiger partial charge in [0.25, 0.3) is 0 Å². The molecule has 44 heavy (non-hydrogen) atoms. The Bertz CT molecular complexity index is 1750. The molecule has 0 spiro atoms. The number of aromatic nitrogens is 3. The van der Waals surface area contributed by atoms with Gasteiger partial charge in [0.2, 0.25) is 0 Å². The van der Waals surface area contributed by atoms with Crippen LogP contribution in [0.1, 0.15) is 46.6 Å². The van der Waals surface area contributed by atoms with Crippen LogP contribution in [0.4, 0.5) is 0 Å². The number of benzene rings is 3. The second-order valence-electron chi connectivity index (χ2n) is 11.8.